The molecule has 1 aliphatic heterocycles. The van der Waals surface area contributed by atoms with Crippen molar-refractivity contribution in [3.63, 3.8) is 0 Å². The second kappa shape index (κ2) is 5.33. The number of nitro benzene ring substituents is 1. The van der Waals surface area contributed by atoms with Gasteiger partial charge >= 0.3 is 0 Å². The summed E-state index contributed by atoms with van der Waals surface area (Å²) in [5, 5.41) is 25.7. The van der Waals surface area contributed by atoms with Crippen LogP contribution in [0.25, 0.3) is 0 Å². The Kier molecular flexibility index (Phi) is 3.77. The molecule has 0 spiro atoms. The number of rotatable bonds is 3. The SMILES string of the molecule is Cc1ccc(NC(=O)C2CC(O)CN2)c([N+](=O)[O-])c1. The van der Waals surface area contributed by atoms with E-state index >= 15 is 0 Å². The highest BCUT2D eigenvalue weighted by Crippen LogP contribution is 2.25. The summed E-state index contributed by atoms with van der Waals surface area (Å²) in [4.78, 5) is 22.3. The maximum absolute atomic E-state index is 11.9. The first-order valence-electron chi connectivity index (χ1n) is 5.94. The normalized spacial score (nSPS) is 22.2. The van der Waals surface area contributed by atoms with Gasteiger partial charge in [-0.25, -0.2) is 0 Å². The lowest BCUT2D eigenvalue weighted by Gasteiger charge is -2.11. The van der Waals surface area contributed by atoms with Gasteiger partial charge in [0.25, 0.3) is 5.69 Å². The summed E-state index contributed by atoms with van der Waals surface area (Å²) < 4.78 is 0. The summed E-state index contributed by atoms with van der Waals surface area (Å²) in [5.41, 5.74) is 0.787. The van der Waals surface area contributed by atoms with E-state index in [1.807, 2.05) is 0 Å². The number of hydrogen-bond donors (Lipinski definition) is 3. The molecule has 2 unspecified atom stereocenters. The molecule has 2 atom stereocenters. The minimum Gasteiger partial charge on any atom is -0.392 e. The summed E-state index contributed by atoms with van der Waals surface area (Å²) in [5.74, 6) is -0.372. The monoisotopic (exact) mass is 265 g/mol. The number of anilines is 1. The third-order valence-electron chi connectivity index (χ3n) is 3.03. The van der Waals surface area contributed by atoms with Crippen LogP contribution in [0.1, 0.15) is 12.0 Å². The predicted molar refractivity (Wildman–Crippen MR) is 68.9 cm³/mol. The third-order valence-corrected chi connectivity index (χ3v) is 3.03. The van der Waals surface area contributed by atoms with Gasteiger partial charge in [-0.1, -0.05) is 6.07 Å². The van der Waals surface area contributed by atoms with E-state index in [1.54, 1.807) is 13.0 Å². The second-order valence-corrected chi connectivity index (χ2v) is 4.62. The van der Waals surface area contributed by atoms with Crippen molar-refractivity contribution in [1.29, 1.82) is 0 Å². The molecule has 0 aromatic heterocycles. The van der Waals surface area contributed by atoms with Crippen molar-refractivity contribution in [2.24, 2.45) is 0 Å². The number of benzene rings is 1. The number of aryl methyl sites for hydroxylation is 1. The van der Waals surface area contributed by atoms with Crippen LogP contribution in [-0.2, 0) is 4.79 Å². The number of aliphatic hydroxyl groups is 1. The Morgan fingerprint density at radius 3 is 2.89 bits per heavy atom. The molecule has 1 aromatic carbocycles. The van der Waals surface area contributed by atoms with Crippen LogP contribution in [-0.4, -0.2) is 34.6 Å². The topological polar surface area (TPSA) is 104 Å². The van der Waals surface area contributed by atoms with Crippen LogP contribution in [0.15, 0.2) is 18.2 Å². The minimum absolute atomic E-state index is 0.133. The zero-order valence-corrected chi connectivity index (χ0v) is 10.4. The lowest BCUT2D eigenvalue weighted by molar-refractivity contribution is -0.384. The van der Waals surface area contributed by atoms with E-state index in [0.717, 1.165) is 5.56 Å². The van der Waals surface area contributed by atoms with E-state index in [9.17, 15) is 20.0 Å². The molecule has 19 heavy (non-hydrogen) atoms. The van der Waals surface area contributed by atoms with Crippen LogP contribution in [0.3, 0.4) is 0 Å². The molecule has 1 aromatic rings. The highest BCUT2D eigenvalue weighted by Gasteiger charge is 2.29. The summed E-state index contributed by atoms with van der Waals surface area (Å²) in [6.07, 6.45) is -0.241. The summed E-state index contributed by atoms with van der Waals surface area (Å²) in [6, 6.07) is 4.10. The average molecular weight is 265 g/mol. The van der Waals surface area contributed by atoms with Gasteiger partial charge in [-0.2, -0.15) is 0 Å². The molecular formula is C12H15N3O4. The number of nitro groups is 1. The first-order valence-corrected chi connectivity index (χ1v) is 5.94. The van der Waals surface area contributed by atoms with Gasteiger partial charge < -0.3 is 15.7 Å². The van der Waals surface area contributed by atoms with Gasteiger partial charge in [-0.05, 0) is 25.0 Å². The molecule has 1 heterocycles. The largest absolute Gasteiger partial charge is 0.392 e. The Hall–Kier alpha value is -1.99. The first kappa shape index (κ1) is 13.4. The maximum Gasteiger partial charge on any atom is 0.293 e. The van der Waals surface area contributed by atoms with Crippen LogP contribution in [0.2, 0.25) is 0 Å². The average Bonchev–Trinajstić information content (AvgIpc) is 2.78. The lowest BCUT2D eigenvalue weighted by atomic mass is 10.1. The van der Waals surface area contributed by atoms with Crippen LogP contribution < -0.4 is 10.6 Å². The minimum atomic E-state index is -0.552. The number of amides is 1. The fourth-order valence-corrected chi connectivity index (χ4v) is 2.04. The predicted octanol–water partition coefficient (Wildman–Crippen LogP) is 0.565. The maximum atomic E-state index is 11.9. The van der Waals surface area contributed by atoms with Crippen LogP contribution in [0.5, 0.6) is 0 Å². The van der Waals surface area contributed by atoms with E-state index in [0.29, 0.717) is 13.0 Å². The Morgan fingerprint density at radius 1 is 1.58 bits per heavy atom. The van der Waals surface area contributed by atoms with Crippen LogP contribution in [0, 0.1) is 17.0 Å². The highest BCUT2D eigenvalue weighted by molar-refractivity contribution is 5.97. The standard InChI is InChI=1S/C12H15N3O4/c1-7-2-3-9(11(4-7)15(18)19)14-12(17)10-5-8(16)6-13-10/h2-4,8,10,13,16H,5-6H2,1H3,(H,14,17). The number of carbonyl (C=O) groups is 1. The Morgan fingerprint density at radius 2 is 2.32 bits per heavy atom. The first-order chi connectivity index (χ1) is 8.97. The van der Waals surface area contributed by atoms with Gasteiger partial charge in [0.15, 0.2) is 0 Å². The Balaban J connectivity index is 2.14. The molecule has 1 amide bonds. The fourth-order valence-electron chi connectivity index (χ4n) is 2.04. The van der Waals surface area contributed by atoms with Gasteiger partial charge in [0.1, 0.15) is 5.69 Å². The van der Waals surface area contributed by atoms with Crippen molar-refractivity contribution in [3.05, 3.63) is 33.9 Å². The van der Waals surface area contributed by atoms with Crippen LogP contribution >= 0.6 is 0 Å². The molecule has 1 saturated heterocycles. The molecule has 7 nitrogen and oxygen atoms in total. The zero-order valence-electron chi connectivity index (χ0n) is 10.4. The molecule has 0 bridgehead atoms. The quantitative estimate of drug-likeness (QED) is 0.547. The molecular weight excluding hydrogens is 250 g/mol. The van der Waals surface area contributed by atoms with E-state index in [4.69, 9.17) is 0 Å². The van der Waals surface area contributed by atoms with Crippen molar-refractivity contribution in [2.45, 2.75) is 25.5 Å². The smallest absolute Gasteiger partial charge is 0.293 e. The number of nitrogens with zero attached hydrogens (tertiary/aromatic N) is 1. The van der Waals surface area contributed by atoms with E-state index in [1.165, 1.54) is 12.1 Å². The highest BCUT2D eigenvalue weighted by atomic mass is 16.6. The fraction of sp³-hybridized carbons (Fsp3) is 0.417. The molecule has 1 aliphatic rings. The third kappa shape index (κ3) is 3.07. The number of nitrogens with one attached hydrogen (secondary N) is 2. The van der Waals surface area contributed by atoms with Gasteiger partial charge in [0.2, 0.25) is 5.91 Å². The summed E-state index contributed by atoms with van der Waals surface area (Å²) in [6.45, 7) is 2.10. The second-order valence-electron chi connectivity index (χ2n) is 4.62. The van der Waals surface area contributed by atoms with Gasteiger partial charge in [-0.15, -0.1) is 0 Å². The molecule has 7 heteroatoms. The Labute approximate surface area is 109 Å². The summed E-state index contributed by atoms with van der Waals surface area (Å²) in [7, 11) is 0. The molecule has 0 saturated carbocycles. The molecule has 102 valence electrons. The van der Waals surface area contributed by atoms with Gasteiger partial charge in [0.05, 0.1) is 17.1 Å². The van der Waals surface area contributed by atoms with Crippen molar-refractivity contribution in [1.82, 2.24) is 5.32 Å². The molecule has 1 fully saturated rings. The van der Waals surface area contributed by atoms with E-state index in [-0.39, 0.29) is 17.3 Å². The van der Waals surface area contributed by atoms with Gasteiger partial charge in [-0.3, -0.25) is 14.9 Å². The van der Waals surface area contributed by atoms with Crippen molar-refractivity contribution < 1.29 is 14.8 Å². The number of carbonyl (C=O) groups excluding carboxylic acids is 1. The van der Waals surface area contributed by atoms with E-state index in [2.05, 4.69) is 10.6 Å². The molecule has 2 rings (SSSR count). The molecule has 3 N–H and O–H groups in total. The zero-order chi connectivity index (χ0) is 14.0. The number of hydrogen-bond acceptors (Lipinski definition) is 5. The summed E-state index contributed by atoms with van der Waals surface area (Å²) >= 11 is 0. The Bertz CT molecular complexity index is 518. The van der Waals surface area contributed by atoms with Crippen molar-refractivity contribution >= 4 is 17.3 Å². The van der Waals surface area contributed by atoms with Gasteiger partial charge in [0, 0.05) is 12.6 Å². The number of aliphatic hydroxyl groups excluding tert-OH is 1. The van der Waals surface area contributed by atoms with Crippen molar-refractivity contribution in [2.75, 3.05) is 11.9 Å². The molecule has 0 radical (unpaired) electrons. The lowest BCUT2D eigenvalue weighted by Crippen LogP contribution is -2.35. The van der Waals surface area contributed by atoms with Crippen LogP contribution in [0.4, 0.5) is 11.4 Å². The number of β-amino-alcohol motifs (C(OH)–C–C–N with tert-alkyl or cyclic N) is 1. The molecule has 0 aliphatic carbocycles. The van der Waals surface area contributed by atoms with Crippen molar-refractivity contribution in [3.8, 4) is 0 Å². The van der Waals surface area contributed by atoms with E-state index < -0.39 is 17.1 Å².